The Morgan fingerprint density at radius 2 is 1.67 bits per heavy atom. The van der Waals surface area contributed by atoms with Crippen molar-refractivity contribution in [2.24, 2.45) is 5.92 Å². The van der Waals surface area contributed by atoms with Crippen molar-refractivity contribution in [1.82, 2.24) is 0 Å². The number of hydrogen-bond donors (Lipinski definition) is 2. The van der Waals surface area contributed by atoms with E-state index >= 15 is 0 Å². The lowest BCUT2D eigenvalue weighted by Gasteiger charge is -2.31. The number of rotatable bonds is 5. The van der Waals surface area contributed by atoms with Crippen LogP contribution in [-0.4, -0.2) is 22.2 Å². The summed E-state index contributed by atoms with van der Waals surface area (Å²) in [7, 11) is 0. The summed E-state index contributed by atoms with van der Waals surface area (Å²) in [6.45, 7) is 0. The Morgan fingerprint density at radius 3 is 2.19 bits per heavy atom. The van der Waals surface area contributed by atoms with Crippen LogP contribution in [0.25, 0.3) is 0 Å². The number of aliphatic carboxylic acids is 2. The molecule has 0 radical (unpaired) electrons. The summed E-state index contributed by atoms with van der Waals surface area (Å²) >= 11 is 0. The molecule has 0 heterocycles. The van der Waals surface area contributed by atoms with E-state index in [1.54, 1.807) is 0 Å². The van der Waals surface area contributed by atoms with Crippen LogP contribution < -0.4 is 0 Å². The summed E-state index contributed by atoms with van der Waals surface area (Å²) in [5.41, 5.74) is 0.875. The summed E-state index contributed by atoms with van der Waals surface area (Å²) in [6.07, 6.45) is 6.08. The number of carboxylic acid groups (broad SMARTS) is 2. The lowest BCUT2D eigenvalue weighted by atomic mass is 9.73. The number of carbonyl (C=O) groups is 2. The third kappa shape index (κ3) is 3.94. The van der Waals surface area contributed by atoms with Gasteiger partial charge in [0, 0.05) is 12.0 Å². The van der Waals surface area contributed by atoms with Gasteiger partial charge in [-0.25, -0.2) is 9.59 Å². The quantitative estimate of drug-likeness (QED) is 0.814. The predicted molar refractivity (Wildman–Crippen MR) is 79.1 cm³/mol. The molecule has 0 bridgehead atoms. The lowest BCUT2D eigenvalue weighted by molar-refractivity contribution is -0.135. The largest absolute Gasteiger partial charge is 0.478 e. The molecule has 21 heavy (non-hydrogen) atoms. The summed E-state index contributed by atoms with van der Waals surface area (Å²) in [6, 6.07) is 9.38. The molecule has 1 unspecified atom stereocenters. The molecule has 1 atom stereocenters. The molecule has 1 saturated carbocycles. The van der Waals surface area contributed by atoms with Gasteiger partial charge in [0.15, 0.2) is 0 Å². The average Bonchev–Trinajstić information content (AvgIpc) is 2.48. The van der Waals surface area contributed by atoms with Gasteiger partial charge < -0.3 is 10.2 Å². The van der Waals surface area contributed by atoms with Crippen molar-refractivity contribution in [2.75, 3.05) is 0 Å². The normalized spacial score (nSPS) is 18.2. The Labute approximate surface area is 124 Å². The van der Waals surface area contributed by atoms with Crippen molar-refractivity contribution >= 4 is 11.9 Å². The second-order valence-electron chi connectivity index (χ2n) is 5.53. The molecule has 0 spiro atoms. The monoisotopic (exact) mass is 288 g/mol. The third-order valence-corrected chi connectivity index (χ3v) is 4.14. The van der Waals surface area contributed by atoms with Crippen LogP contribution in [0.15, 0.2) is 42.0 Å². The van der Waals surface area contributed by atoms with E-state index < -0.39 is 11.9 Å². The van der Waals surface area contributed by atoms with Crippen molar-refractivity contribution in [1.29, 1.82) is 0 Å². The highest BCUT2D eigenvalue weighted by molar-refractivity contribution is 5.96. The molecular weight excluding hydrogens is 268 g/mol. The maximum atomic E-state index is 11.6. The Kier molecular flexibility index (Phi) is 5.14. The van der Waals surface area contributed by atoms with E-state index in [1.165, 1.54) is 6.42 Å². The van der Waals surface area contributed by atoms with Crippen molar-refractivity contribution in [3.63, 3.8) is 0 Å². The molecule has 2 rings (SSSR count). The summed E-state index contributed by atoms with van der Waals surface area (Å²) in [4.78, 5) is 22.6. The van der Waals surface area contributed by atoms with Crippen LogP contribution in [-0.2, 0) is 9.59 Å². The van der Waals surface area contributed by atoms with Gasteiger partial charge in [-0.05, 0) is 24.3 Å². The molecule has 4 nitrogen and oxygen atoms in total. The van der Waals surface area contributed by atoms with Crippen LogP contribution in [0.5, 0.6) is 0 Å². The minimum atomic E-state index is -1.20. The maximum Gasteiger partial charge on any atom is 0.332 e. The fourth-order valence-corrected chi connectivity index (χ4v) is 3.25. The van der Waals surface area contributed by atoms with E-state index in [0.29, 0.717) is 0 Å². The SMILES string of the molecule is O=C(O)C=C(C(=O)O)C(c1ccccc1)C1CCCCC1. The first kappa shape index (κ1) is 15.3. The smallest absolute Gasteiger partial charge is 0.332 e. The molecule has 1 fully saturated rings. The van der Waals surface area contributed by atoms with E-state index in [4.69, 9.17) is 5.11 Å². The van der Waals surface area contributed by atoms with Crippen LogP contribution in [0.4, 0.5) is 0 Å². The van der Waals surface area contributed by atoms with Crippen molar-refractivity contribution in [3.05, 3.63) is 47.5 Å². The van der Waals surface area contributed by atoms with E-state index in [0.717, 1.165) is 37.3 Å². The predicted octanol–water partition coefficient (Wildman–Crippen LogP) is 3.45. The van der Waals surface area contributed by atoms with Crippen molar-refractivity contribution in [3.8, 4) is 0 Å². The molecule has 0 saturated heterocycles. The highest BCUT2D eigenvalue weighted by atomic mass is 16.4. The van der Waals surface area contributed by atoms with Crippen LogP contribution in [0.1, 0.15) is 43.6 Å². The Bertz CT molecular complexity index is 527. The zero-order valence-corrected chi connectivity index (χ0v) is 11.9. The van der Waals surface area contributed by atoms with Gasteiger partial charge >= 0.3 is 11.9 Å². The standard InChI is InChI=1S/C17H20O4/c18-15(19)11-14(17(20)21)16(12-7-3-1-4-8-12)13-9-5-2-6-10-13/h1,3-4,7-8,11,13,16H,2,5-6,9-10H2,(H,18,19)(H,20,21). The van der Waals surface area contributed by atoms with E-state index in [2.05, 4.69) is 0 Å². The van der Waals surface area contributed by atoms with Gasteiger partial charge in [-0.1, -0.05) is 49.6 Å². The van der Waals surface area contributed by atoms with Crippen LogP contribution in [0, 0.1) is 5.92 Å². The van der Waals surface area contributed by atoms with E-state index in [-0.39, 0.29) is 17.4 Å². The van der Waals surface area contributed by atoms with Gasteiger partial charge in [0.1, 0.15) is 0 Å². The zero-order valence-electron chi connectivity index (χ0n) is 11.9. The fraction of sp³-hybridized carbons (Fsp3) is 0.412. The molecule has 1 aliphatic rings. The molecular formula is C17H20O4. The fourth-order valence-electron chi connectivity index (χ4n) is 3.25. The molecule has 0 aliphatic heterocycles. The van der Waals surface area contributed by atoms with Crippen LogP contribution in [0.2, 0.25) is 0 Å². The lowest BCUT2D eigenvalue weighted by Crippen LogP contribution is -2.23. The second kappa shape index (κ2) is 7.07. The third-order valence-electron chi connectivity index (χ3n) is 4.14. The first-order valence-corrected chi connectivity index (χ1v) is 7.32. The van der Waals surface area contributed by atoms with Gasteiger partial charge in [-0.3, -0.25) is 0 Å². The van der Waals surface area contributed by atoms with Gasteiger partial charge in [0.25, 0.3) is 0 Å². The minimum Gasteiger partial charge on any atom is -0.478 e. The number of carboxylic acids is 2. The van der Waals surface area contributed by atoms with E-state index in [1.807, 2.05) is 30.3 Å². The van der Waals surface area contributed by atoms with Crippen molar-refractivity contribution < 1.29 is 19.8 Å². The average molecular weight is 288 g/mol. The van der Waals surface area contributed by atoms with Gasteiger partial charge in [0.05, 0.1) is 5.57 Å². The van der Waals surface area contributed by atoms with E-state index in [9.17, 15) is 14.7 Å². The topological polar surface area (TPSA) is 74.6 Å². The van der Waals surface area contributed by atoms with Gasteiger partial charge in [0.2, 0.25) is 0 Å². The molecule has 112 valence electrons. The highest BCUT2D eigenvalue weighted by Crippen LogP contribution is 2.40. The molecule has 1 aromatic rings. The first-order valence-electron chi connectivity index (χ1n) is 7.32. The van der Waals surface area contributed by atoms with Gasteiger partial charge in [-0.2, -0.15) is 0 Å². The minimum absolute atomic E-state index is 0.0133. The Hall–Kier alpha value is -2.10. The number of hydrogen-bond acceptors (Lipinski definition) is 2. The zero-order chi connectivity index (χ0) is 15.2. The second-order valence-corrected chi connectivity index (χ2v) is 5.53. The van der Waals surface area contributed by atoms with Crippen LogP contribution in [0.3, 0.4) is 0 Å². The summed E-state index contributed by atoms with van der Waals surface area (Å²) < 4.78 is 0. The summed E-state index contributed by atoms with van der Waals surface area (Å²) in [5.74, 6) is -2.50. The molecule has 0 aromatic heterocycles. The summed E-state index contributed by atoms with van der Waals surface area (Å²) in [5, 5.41) is 18.4. The Morgan fingerprint density at radius 1 is 1.05 bits per heavy atom. The number of benzene rings is 1. The Balaban J connectivity index is 2.43. The van der Waals surface area contributed by atoms with Crippen molar-refractivity contribution in [2.45, 2.75) is 38.0 Å². The molecule has 4 heteroatoms. The first-order chi connectivity index (χ1) is 10.1. The van der Waals surface area contributed by atoms with Crippen LogP contribution >= 0.6 is 0 Å². The molecule has 1 aromatic carbocycles. The van der Waals surface area contributed by atoms with Gasteiger partial charge in [-0.15, -0.1) is 0 Å². The molecule has 0 amide bonds. The maximum absolute atomic E-state index is 11.6. The highest BCUT2D eigenvalue weighted by Gasteiger charge is 2.31. The molecule has 2 N–H and O–H groups in total. The molecule has 1 aliphatic carbocycles.